The van der Waals surface area contributed by atoms with Gasteiger partial charge in [-0.05, 0) is 33.6 Å². The van der Waals surface area contributed by atoms with Gasteiger partial charge in [-0.15, -0.1) is 0 Å². The quantitative estimate of drug-likeness (QED) is 0.0327. The molecule has 0 fully saturated rings. The van der Waals surface area contributed by atoms with Gasteiger partial charge in [-0.1, -0.05) is 148 Å². The Hall–Kier alpha value is -0.523. The minimum Gasteiger partial charge on any atom is -0.374 e. The van der Waals surface area contributed by atoms with E-state index in [4.69, 9.17) is 13.3 Å². The van der Waals surface area contributed by atoms with Crippen LogP contribution in [-0.4, -0.2) is 41.2 Å². The fourth-order valence-corrected chi connectivity index (χ4v) is 8.33. The van der Waals surface area contributed by atoms with Crippen LogP contribution < -0.4 is 0 Å². The van der Waals surface area contributed by atoms with E-state index in [1.165, 1.54) is 148 Å². The third-order valence-corrected chi connectivity index (χ3v) is 11.1. The zero-order valence-electron chi connectivity index (χ0n) is 27.3. The van der Waals surface area contributed by atoms with Gasteiger partial charge in [0.15, 0.2) is 0 Å². The Morgan fingerprint density at radius 2 is 0.675 bits per heavy atom. The van der Waals surface area contributed by atoms with Crippen LogP contribution in [0.5, 0.6) is 0 Å². The summed E-state index contributed by atoms with van der Waals surface area (Å²) < 4.78 is 17.9. The van der Waals surface area contributed by atoms with Crippen LogP contribution in [0.1, 0.15) is 181 Å². The highest BCUT2D eigenvalue weighted by Gasteiger charge is 2.39. The van der Waals surface area contributed by atoms with E-state index in [1.807, 2.05) is 20.8 Å². The number of rotatable bonds is 34. The SMILES string of the molecule is CCO[Si](CCCCCCCCCCCCCCCCCCCCCCCCCCCN=C=O)(OCC)OCC. The van der Waals surface area contributed by atoms with E-state index < -0.39 is 8.80 Å². The first-order chi connectivity index (χ1) is 19.7. The molecule has 0 spiro atoms. The summed E-state index contributed by atoms with van der Waals surface area (Å²) in [7, 11) is -2.43. The van der Waals surface area contributed by atoms with Crippen LogP contribution in [0.2, 0.25) is 6.04 Å². The molecule has 0 aromatic rings. The van der Waals surface area contributed by atoms with Gasteiger partial charge in [0.05, 0.1) is 6.54 Å². The topological polar surface area (TPSA) is 57.1 Å². The molecule has 0 N–H and O–H groups in total. The van der Waals surface area contributed by atoms with E-state index in [9.17, 15) is 4.79 Å². The summed E-state index contributed by atoms with van der Waals surface area (Å²) in [6.45, 7) is 8.81. The van der Waals surface area contributed by atoms with Crippen LogP contribution in [0.4, 0.5) is 0 Å². The van der Waals surface area contributed by atoms with Crippen molar-refractivity contribution in [2.75, 3.05) is 26.4 Å². The van der Waals surface area contributed by atoms with Gasteiger partial charge in [0.1, 0.15) is 0 Å². The molecule has 0 aromatic carbocycles. The third-order valence-electron chi connectivity index (χ3n) is 7.91. The molecule has 5 nitrogen and oxygen atoms in total. The van der Waals surface area contributed by atoms with Gasteiger partial charge in [-0.25, -0.2) is 9.79 Å². The lowest BCUT2D eigenvalue weighted by molar-refractivity contribution is 0.0706. The van der Waals surface area contributed by atoms with Crippen LogP contribution in [-0.2, 0) is 18.1 Å². The van der Waals surface area contributed by atoms with Crippen LogP contribution in [0.15, 0.2) is 4.99 Å². The van der Waals surface area contributed by atoms with Crippen molar-refractivity contribution in [3.8, 4) is 0 Å². The predicted octanol–water partition coefficient (Wildman–Crippen LogP) is 11.1. The van der Waals surface area contributed by atoms with Crippen molar-refractivity contribution in [2.24, 2.45) is 4.99 Å². The van der Waals surface area contributed by atoms with Crippen LogP contribution in [0.25, 0.3) is 0 Å². The largest absolute Gasteiger partial charge is 0.500 e. The zero-order chi connectivity index (χ0) is 29.2. The lowest BCUT2D eigenvalue weighted by Crippen LogP contribution is -2.45. The molecule has 0 aromatic heterocycles. The second kappa shape index (κ2) is 33.0. The molecule has 0 aliphatic heterocycles. The van der Waals surface area contributed by atoms with Gasteiger partial charge >= 0.3 is 8.80 Å². The summed E-state index contributed by atoms with van der Waals surface area (Å²) in [5, 5.41) is 0. The summed E-state index contributed by atoms with van der Waals surface area (Å²) >= 11 is 0. The first kappa shape index (κ1) is 39.5. The summed E-state index contributed by atoms with van der Waals surface area (Å²) in [6, 6.07) is 0.966. The molecule has 0 heterocycles. The third kappa shape index (κ3) is 27.6. The number of carbonyl (C=O) groups excluding carboxylic acids is 1. The van der Waals surface area contributed by atoms with Crippen molar-refractivity contribution in [3.05, 3.63) is 0 Å². The van der Waals surface area contributed by atoms with Crippen molar-refractivity contribution < 1.29 is 18.1 Å². The molecule has 0 radical (unpaired) electrons. The molecule has 0 amide bonds. The Labute approximate surface area is 251 Å². The lowest BCUT2D eigenvalue weighted by atomic mass is 10.0. The number of isocyanates is 1. The number of aliphatic imine (C=N–C) groups is 1. The molecule has 0 bridgehead atoms. The summed E-state index contributed by atoms with van der Waals surface area (Å²) in [5.74, 6) is 0. The maximum Gasteiger partial charge on any atom is 0.500 e. The predicted molar refractivity (Wildman–Crippen MR) is 174 cm³/mol. The normalized spacial score (nSPS) is 11.7. The monoisotopic (exact) mass is 583 g/mol. The maximum absolute atomic E-state index is 10.00. The van der Waals surface area contributed by atoms with Crippen molar-refractivity contribution in [2.45, 2.75) is 187 Å². The highest BCUT2D eigenvalue weighted by molar-refractivity contribution is 6.60. The van der Waals surface area contributed by atoms with Gasteiger partial charge in [-0.2, -0.15) is 0 Å². The minimum absolute atomic E-state index is 0.662. The van der Waals surface area contributed by atoms with E-state index >= 15 is 0 Å². The fourth-order valence-electron chi connectivity index (χ4n) is 5.65. The molecule has 40 heavy (non-hydrogen) atoms. The van der Waals surface area contributed by atoms with Gasteiger partial charge in [0, 0.05) is 25.9 Å². The Balaban J connectivity index is 3.27. The van der Waals surface area contributed by atoms with Gasteiger partial charge in [0.25, 0.3) is 0 Å². The van der Waals surface area contributed by atoms with Crippen LogP contribution in [0.3, 0.4) is 0 Å². The first-order valence-electron chi connectivity index (χ1n) is 17.7. The number of hydrogen-bond donors (Lipinski definition) is 0. The fraction of sp³-hybridized carbons (Fsp3) is 0.971. The summed E-state index contributed by atoms with van der Waals surface area (Å²) in [6.07, 6.45) is 35.9. The Morgan fingerprint density at radius 1 is 0.425 bits per heavy atom. The Kier molecular flexibility index (Phi) is 32.6. The molecule has 238 valence electrons. The minimum atomic E-state index is -2.43. The van der Waals surface area contributed by atoms with E-state index in [0.29, 0.717) is 26.4 Å². The second-order valence-electron chi connectivity index (χ2n) is 11.5. The Morgan fingerprint density at radius 3 is 0.925 bits per heavy atom. The number of hydrogen-bond acceptors (Lipinski definition) is 5. The Bertz CT molecular complexity index is 525. The lowest BCUT2D eigenvalue weighted by Gasteiger charge is -2.28. The van der Waals surface area contributed by atoms with E-state index in [-0.39, 0.29) is 0 Å². The summed E-state index contributed by atoms with van der Waals surface area (Å²) in [4.78, 5) is 13.6. The molecule has 0 saturated carbocycles. The van der Waals surface area contributed by atoms with Crippen molar-refractivity contribution >= 4 is 14.9 Å². The van der Waals surface area contributed by atoms with Crippen molar-refractivity contribution in [1.82, 2.24) is 0 Å². The van der Waals surface area contributed by atoms with Gasteiger partial charge < -0.3 is 13.3 Å². The standard InChI is InChI=1S/C34H69NO4Si/c1-4-37-40(38-5-2,39-6-3)33-31-29-27-25-23-21-19-17-15-13-11-9-7-8-10-12-14-16-18-20-22-24-26-28-30-32-35-34-36/h4-33H2,1-3H3. The first-order valence-corrected chi connectivity index (χ1v) is 19.6. The van der Waals surface area contributed by atoms with Gasteiger partial charge in [0.2, 0.25) is 6.08 Å². The summed E-state index contributed by atoms with van der Waals surface area (Å²) in [5.41, 5.74) is 0. The highest BCUT2D eigenvalue weighted by atomic mass is 28.4. The number of nitrogens with zero attached hydrogens (tertiary/aromatic N) is 1. The smallest absolute Gasteiger partial charge is 0.374 e. The number of unbranched alkanes of at least 4 members (excludes halogenated alkanes) is 24. The van der Waals surface area contributed by atoms with Gasteiger partial charge in [-0.3, -0.25) is 0 Å². The molecule has 0 aliphatic carbocycles. The van der Waals surface area contributed by atoms with Crippen molar-refractivity contribution in [1.29, 1.82) is 0 Å². The highest BCUT2D eigenvalue weighted by Crippen LogP contribution is 2.21. The second-order valence-corrected chi connectivity index (χ2v) is 14.3. The van der Waals surface area contributed by atoms with Crippen LogP contribution in [0, 0.1) is 0 Å². The molecule has 0 rings (SSSR count). The molecule has 0 atom stereocenters. The van der Waals surface area contributed by atoms with E-state index in [2.05, 4.69) is 4.99 Å². The molecule has 0 saturated heterocycles. The van der Waals surface area contributed by atoms with Crippen molar-refractivity contribution in [3.63, 3.8) is 0 Å². The van der Waals surface area contributed by atoms with E-state index in [0.717, 1.165) is 18.9 Å². The average molecular weight is 584 g/mol. The average Bonchev–Trinajstić information content (AvgIpc) is 2.95. The molecular weight excluding hydrogens is 514 g/mol. The van der Waals surface area contributed by atoms with E-state index in [1.54, 1.807) is 6.08 Å². The van der Waals surface area contributed by atoms with Crippen LogP contribution >= 0.6 is 0 Å². The molecular formula is C34H69NO4Si. The maximum atomic E-state index is 10.00. The molecule has 0 unspecified atom stereocenters. The molecule has 6 heteroatoms. The zero-order valence-corrected chi connectivity index (χ0v) is 28.3. The molecule has 0 aliphatic rings.